The minimum atomic E-state index is -4.66. The molecule has 2 bridgehead atoms. The largest absolute Gasteiger partial charge is 0.490 e. The topological polar surface area (TPSA) is 49.8 Å². The molecule has 4 nitrogen and oxygen atoms in total. The molecule has 8 heteroatoms. The van der Waals surface area contributed by atoms with Crippen LogP contribution >= 0.6 is 0 Å². The van der Waals surface area contributed by atoms with Crippen molar-refractivity contribution in [3.63, 3.8) is 0 Å². The van der Waals surface area contributed by atoms with Gasteiger partial charge in [-0.3, -0.25) is 9.69 Å². The highest BCUT2D eigenvalue weighted by Crippen LogP contribution is 2.45. The van der Waals surface area contributed by atoms with Crippen molar-refractivity contribution in [2.45, 2.75) is 89.6 Å². The van der Waals surface area contributed by atoms with E-state index in [1.165, 1.54) is 24.3 Å². The van der Waals surface area contributed by atoms with Gasteiger partial charge in [-0.25, -0.2) is 4.39 Å². The molecule has 2 aliphatic carbocycles. The van der Waals surface area contributed by atoms with Gasteiger partial charge in [-0.2, -0.15) is 13.2 Å². The molecule has 2 aromatic carbocycles. The van der Waals surface area contributed by atoms with E-state index in [9.17, 15) is 23.1 Å². The second-order valence-corrected chi connectivity index (χ2v) is 11.5. The van der Waals surface area contributed by atoms with Gasteiger partial charge in [-0.1, -0.05) is 13.0 Å². The zero-order chi connectivity index (χ0) is 26.5. The molecule has 0 aromatic heterocycles. The summed E-state index contributed by atoms with van der Waals surface area (Å²) in [4.78, 5) is 13.8. The number of hydrogen-bond acceptors (Lipinski definition) is 3. The minimum absolute atomic E-state index is 0.0239. The van der Waals surface area contributed by atoms with E-state index < -0.39 is 35.5 Å². The number of carbonyl (C=O) groups is 1. The van der Waals surface area contributed by atoms with Gasteiger partial charge in [0.15, 0.2) is 0 Å². The van der Waals surface area contributed by atoms with E-state index in [1.807, 2.05) is 6.92 Å². The highest BCUT2D eigenvalue weighted by Gasteiger charge is 2.42. The van der Waals surface area contributed by atoms with Crippen molar-refractivity contribution in [1.29, 1.82) is 0 Å². The van der Waals surface area contributed by atoms with Gasteiger partial charge in [0.1, 0.15) is 17.1 Å². The molecule has 4 unspecified atom stereocenters. The summed E-state index contributed by atoms with van der Waals surface area (Å²) in [6.45, 7) is 4.65. The van der Waals surface area contributed by atoms with Crippen molar-refractivity contribution in [2.75, 3.05) is 6.54 Å². The Labute approximate surface area is 215 Å². The highest BCUT2D eigenvalue weighted by molar-refractivity contribution is 5.89. The van der Waals surface area contributed by atoms with Crippen LogP contribution in [0.15, 0.2) is 24.3 Å². The summed E-state index contributed by atoms with van der Waals surface area (Å²) in [5, 5.41) is 9.69. The average molecular weight is 522 g/mol. The monoisotopic (exact) mass is 521 g/mol. The predicted octanol–water partition coefficient (Wildman–Crippen LogP) is 7.59. The number of alkyl halides is 3. The Morgan fingerprint density at radius 3 is 2.49 bits per heavy atom. The Balaban J connectivity index is 1.50. The van der Waals surface area contributed by atoms with Gasteiger partial charge in [0.05, 0.1) is 12.0 Å². The first-order chi connectivity index (χ1) is 17.5. The van der Waals surface area contributed by atoms with Crippen LogP contribution in [0, 0.1) is 23.6 Å². The van der Waals surface area contributed by atoms with Gasteiger partial charge >= 0.3 is 12.1 Å². The maximum absolute atomic E-state index is 15.4. The summed E-state index contributed by atoms with van der Waals surface area (Å²) in [6, 6.07) is 4.87. The van der Waals surface area contributed by atoms with E-state index in [0.717, 1.165) is 38.5 Å². The number of likely N-dealkylation sites (tertiary alicyclic amines) is 1. The Morgan fingerprint density at radius 1 is 1.08 bits per heavy atom. The van der Waals surface area contributed by atoms with Crippen molar-refractivity contribution >= 4 is 16.7 Å². The number of carboxylic acids is 1. The normalized spacial score (nSPS) is 29.7. The third-order valence-electron chi connectivity index (χ3n) is 8.96. The van der Waals surface area contributed by atoms with Crippen LogP contribution in [-0.2, 0) is 11.0 Å². The second kappa shape index (κ2) is 10.1. The lowest BCUT2D eigenvalue weighted by Gasteiger charge is -2.33. The Morgan fingerprint density at radius 2 is 1.81 bits per heavy atom. The van der Waals surface area contributed by atoms with Gasteiger partial charge in [0.2, 0.25) is 0 Å². The maximum Gasteiger partial charge on any atom is 0.420 e. The van der Waals surface area contributed by atoms with Crippen LogP contribution in [0.25, 0.3) is 10.8 Å². The fourth-order valence-corrected chi connectivity index (χ4v) is 6.82. The summed E-state index contributed by atoms with van der Waals surface area (Å²) < 4.78 is 64.6. The number of aliphatic carboxylic acids is 1. The number of halogens is 4. The third-order valence-corrected chi connectivity index (χ3v) is 8.96. The van der Waals surface area contributed by atoms with Crippen molar-refractivity contribution in [3.8, 4) is 5.75 Å². The molecule has 0 spiro atoms. The van der Waals surface area contributed by atoms with E-state index in [2.05, 4.69) is 11.8 Å². The van der Waals surface area contributed by atoms with Gasteiger partial charge in [-0.15, -0.1) is 0 Å². The molecule has 4 atom stereocenters. The molecule has 202 valence electrons. The predicted molar refractivity (Wildman–Crippen MR) is 133 cm³/mol. The number of fused-ring (bicyclic) bond motifs is 3. The molecule has 3 fully saturated rings. The van der Waals surface area contributed by atoms with Crippen molar-refractivity contribution in [2.24, 2.45) is 17.8 Å². The molecule has 3 aliphatic rings. The second-order valence-electron chi connectivity index (χ2n) is 11.5. The maximum atomic E-state index is 15.4. The van der Waals surface area contributed by atoms with Crippen LogP contribution in [0.1, 0.15) is 82.4 Å². The first kappa shape index (κ1) is 26.3. The number of carboxylic acid groups (broad SMARTS) is 1. The molecule has 1 N–H and O–H groups in total. The molecule has 0 amide bonds. The zero-order valence-electron chi connectivity index (χ0n) is 21.4. The molecule has 5 rings (SSSR count). The fourth-order valence-electron chi connectivity index (χ4n) is 6.82. The Hall–Kier alpha value is -2.35. The van der Waals surface area contributed by atoms with Crippen LogP contribution in [-0.4, -0.2) is 34.7 Å². The van der Waals surface area contributed by atoms with Crippen molar-refractivity contribution in [3.05, 3.63) is 41.2 Å². The van der Waals surface area contributed by atoms with Crippen LogP contribution in [0.2, 0.25) is 0 Å². The number of benzene rings is 2. The highest BCUT2D eigenvalue weighted by atomic mass is 19.4. The molecule has 2 aromatic rings. The Bertz CT molecular complexity index is 1160. The summed E-state index contributed by atoms with van der Waals surface area (Å²) in [7, 11) is 0. The summed E-state index contributed by atoms with van der Waals surface area (Å²) in [6.07, 6.45) is 1.13. The SMILES string of the molecule is CC(c1cc2c(C(F)(F)F)c(O[C@H]3CC[C@@H](C)CC3)ccc2cc1F)N1CC2CCC(C(=O)O)CC1C2. The molecule has 2 saturated carbocycles. The summed E-state index contributed by atoms with van der Waals surface area (Å²) in [5.74, 6) is -1.12. The molecular formula is C29H35F4NO3. The molecule has 1 heterocycles. The minimum Gasteiger partial charge on any atom is -0.490 e. The zero-order valence-corrected chi connectivity index (χ0v) is 21.4. The van der Waals surface area contributed by atoms with E-state index in [0.29, 0.717) is 31.2 Å². The number of rotatable bonds is 5. The quantitative estimate of drug-likeness (QED) is 0.412. The first-order valence-electron chi connectivity index (χ1n) is 13.5. The lowest BCUT2D eigenvalue weighted by Crippen LogP contribution is -2.36. The summed E-state index contributed by atoms with van der Waals surface area (Å²) in [5.41, 5.74) is -0.639. The van der Waals surface area contributed by atoms with Crippen molar-refractivity contribution in [1.82, 2.24) is 4.90 Å². The van der Waals surface area contributed by atoms with Gasteiger partial charge in [-0.05, 0) is 99.1 Å². The lowest BCUT2D eigenvalue weighted by atomic mass is 9.89. The van der Waals surface area contributed by atoms with Crippen LogP contribution in [0.3, 0.4) is 0 Å². The number of hydrogen-bond donors (Lipinski definition) is 1. The molecule has 1 aliphatic heterocycles. The Kier molecular flexibility index (Phi) is 7.16. The molecule has 1 saturated heterocycles. The van der Waals surface area contributed by atoms with E-state index in [4.69, 9.17) is 4.74 Å². The van der Waals surface area contributed by atoms with E-state index >= 15 is 4.39 Å². The first-order valence-corrected chi connectivity index (χ1v) is 13.5. The standard InChI is InChI=1S/C29H35F4NO3/c1-16-3-8-22(9-4-16)37-26-10-7-19-13-25(30)23(14-24(19)27(26)29(31,32)33)17(2)34-15-18-5-6-20(28(35)36)12-21(34)11-18/h7,10,13-14,16-18,20-22H,3-6,8-9,11-12,15H2,1-2H3,(H,35,36)/t16-,17?,18?,20?,21?,22+. The molecule has 0 radical (unpaired) electrons. The lowest BCUT2D eigenvalue weighted by molar-refractivity contribution is -0.143. The van der Waals surface area contributed by atoms with Crippen molar-refractivity contribution < 1.29 is 32.2 Å². The van der Waals surface area contributed by atoms with E-state index in [-0.39, 0.29) is 34.2 Å². The number of ether oxygens (including phenoxy) is 1. The molecular weight excluding hydrogens is 486 g/mol. The summed E-state index contributed by atoms with van der Waals surface area (Å²) >= 11 is 0. The van der Waals surface area contributed by atoms with Gasteiger partial charge < -0.3 is 9.84 Å². The number of nitrogens with zero attached hydrogens (tertiary/aromatic N) is 1. The fraction of sp³-hybridized carbons (Fsp3) is 0.621. The average Bonchev–Trinajstić information content (AvgIpc) is 3.10. The third kappa shape index (κ3) is 5.31. The molecule has 37 heavy (non-hydrogen) atoms. The van der Waals surface area contributed by atoms with Crippen LogP contribution in [0.5, 0.6) is 5.75 Å². The van der Waals surface area contributed by atoms with Gasteiger partial charge in [0.25, 0.3) is 0 Å². The smallest absolute Gasteiger partial charge is 0.420 e. The van der Waals surface area contributed by atoms with Crippen LogP contribution < -0.4 is 4.74 Å². The van der Waals surface area contributed by atoms with Gasteiger partial charge in [0, 0.05) is 24.2 Å². The van der Waals surface area contributed by atoms with Crippen LogP contribution in [0.4, 0.5) is 17.6 Å². The van der Waals surface area contributed by atoms with E-state index in [1.54, 1.807) is 0 Å².